The molecule has 0 spiro atoms. The Morgan fingerprint density at radius 1 is 1.14 bits per heavy atom. The van der Waals surface area contributed by atoms with E-state index in [2.05, 4.69) is 5.32 Å². The van der Waals surface area contributed by atoms with Crippen LogP contribution in [-0.2, 0) is 16.1 Å². The third kappa shape index (κ3) is 6.28. The lowest BCUT2D eigenvalue weighted by molar-refractivity contribution is -0.140. The first-order valence-electron chi connectivity index (χ1n) is 9.40. The molecule has 0 aromatic heterocycles. The minimum absolute atomic E-state index is 0.0137. The Bertz CT molecular complexity index is 795. The molecule has 2 rings (SSSR count). The molecule has 0 saturated heterocycles. The predicted molar refractivity (Wildman–Crippen MR) is 117 cm³/mol. The molecule has 4 nitrogen and oxygen atoms in total. The number of thioether (sulfide) groups is 1. The summed E-state index contributed by atoms with van der Waals surface area (Å²) < 4.78 is 0. The monoisotopic (exact) mass is 418 g/mol. The number of carbonyl (C=O) groups excluding carboxylic acids is 2. The highest BCUT2D eigenvalue weighted by atomic mass is 35.5. The van der Waals surface area contributed by atoms with E-state index < -0.39 is 6.04 Å². The number of carbonyl (C=O) groups is 2. The molecule has 0 saturated carbocycles. The Hall–Kier alpha value is -1.98. The van der Waals surface area contributed by atoms with Crippen LogP contribution in [0, 0.1) is 6.92 Å². The van der Waals surface area contributed by atoms with Crippen molar-refractivity contribution < 1.29 is 9.59 Å². The molecule has 1 atom stereocenters. The smallest absolute Gasteiger partial charge is 0.242 e. The number of nitrogens with zero attached hydrogens (tertiary/aromatic N) is 1. The summed E-state index contributed by atoms with van der Waals surface area (Å²) in [6, 6.07) is 15.1. The van der Waals surface area contributed by atoms with Crippen molar-refractivity contribution in [3.63, 3.8) is 0 Å². The van der Waals surface area contributed by atoms with E-state index in [0.717, 1.165) is 16.0 Å². The first-order chi connectivity index (χ1) is 13.5. The van der Waals surface area contributed by atoms with Gasteiger partial charge >= 0.3 is 0 Å². The van der Waals surface area contributed by atoms with Crippen molar-refractivity contribution in [2.24, 2.45) is 0 Å². The van der Waals surface area contributed by atoms with E-state index in [0.29, 0.717) is 30.2 Å². The molecule has 0 bridgehead atoms. The number of benzene rings is 2. The maximum Gasteiger partial charge on any atom is 0.242 e. The Morgan fingerprint density at radius 3 is 2.43 bits per heavy atom. The Labute approximate surface area is 176 Å². The van der Waals surface area contributed by atoms with Gasteiger partial charge < -0.3 is 10.2 Å². The van der Waals surface area contributed by atoms with Crippen molar-refractivity contribution in [1.82, 2.24) is 10.2 Å². The van der Waals surface area contributed by atoms with Gasteiger partial charge in [-0.05, 0) is 48.7 Å². The van der Waals surface area contributed by atoms with E-state index in [1.54, 1.807) is 23.7 Å². The van der Waals surface area contributed by atoms with Crippen LogP contribution in [0.5, 0.6) is 0 Å². The third-order valence-corrected chi connectivity index (χ3v) is 5.90. The van der Waals surface area contributed by atoms with Crippen LogP contribution in [0.3, 0.4) is 0 Å². The number of amides is 2. The largest absolute Gasteiger partial charge is 0.357 e. The summed E-state index contributed by atoms with van der Waals surface area (Å²) in [5, 5.41) is 3.38. The van der Waals surface area contributed by atoms with Crippen LogP contribution in [0.25, 0.3) is 0 Å². The second-order valence-corrected chi connectivity index (χ2v) is 8.14. The van der Waals surface area contributed by atoms with Gasteiger partial charge in [-0.25, -0.2) is 0 Å². The van der Waals surface area contributed by atoms with Crippen molar-refractivity contribution in [1.29, 1.82) is 0 Å². The van der Waals surface area contributed by atoms with Crippen LogP contribution in [0.15, 0.2) is 53.4 Å². The average Bonchev–Trinajstić information content (AvgIpc) is 2.70. The number of likely N-dealkylation sites (N-methyl/N-ethyl adjacent to an activating group) is 1. The predicted octanol–water partition coefficient (Wildman–Crippen LogP) is 4.68. The van der Waals surface area contributed by atoms with Crippen LogP contribution in [-0.4, -0.2) is 35.6 Å². The summed E-state index contributed by atoms with van der Waals surface area (Å²) in [5.41, 5.74) is 2.17. The fourth-order valence-corrected chi connectivity index (χ4v) is 3.95. The first-order valence-corrected chi connectivity index (χ1v) is 10.8. The number of hydrogen-bond acceptors (Lipinski definition) is 3. The van der Waals surface area contributed by atoms with E-state index in [1.807, 2.05) is 62.4 Å². The van der Waals surface area contributed by atoms with Gasteiger partial charge in [0.15, 0.2) is 0 Å². The maximum atomic E-state index is 13.0. The molecule has 1 N–H and O–H groups in total. The fourth-order valence-electron chi connectivity index (χ4n) is 2.99. The van der Waals surface area contributed by atoms with Gasteiger partial charge in [0.2, 0.25) is 11.8 Å². The molecule has 0 heterocycles. The molecule has 6 heteroatoms. The lowest BCUT2D eigenvalue weighted by atomic mass is 10.1. The summed E-state index contributed by atoms with van der Waals surface area (Å²) in [4.78, 5) is 28.2. The van der Waals surface area contributed by atoms with Gasteiger partial charge in [-0.15, -0.1) is 11.8 Å². The summed E-state index contributed by atoms with van der Waals surface area (Å²) in [7, 11) is 1.61. The number of nitrogens with one attached hydrogen (secondary N) is 1. The second kappa shape index (κ2) is 11.1. The number of hydrogen-bond donors (Lipinski definition) is 1. The summed E-state index contributed by atoms with van der Waals surface area (Å²) >= 11 is 7.52. The molecule has 2 amide bonds. The van der Waals surface area contributed by atoms with Crippen LogP contribution >= 0.6 is 23.4 Å². The van der Waals surface area contributed by atoms with Crippen molar-refractivity contribution in [2.45, 2.75) is 44.2 Å². The molecular formula is C22H27ClN2O2S. The molecular weight excluding hydrogens is 392 g/mol. The van der Waals surface area contributed by atoms with Crippen molar-refractivity contribution in [3.05, 3.63) is 64.7 Å². The van der Waals surface area contributed by atoms with Crippen molar-refractivity contribution >= 4 is 35.2 Å². The quantitative estimate of drug-likeness (QED) is 0.601. The van der Waals surface area contributed by atoms with E-state index in [9.17, 15) is 9.59 Å². The lowest BCUT2D eigenvalue weighted by Gasteiger charge is -2.30. The molecule has 0 aliphatic rings. The maximum absolute atomic E-state index is 13.0. The van der Waals surface area contributed by atoms with E-state index in [4.69, 9.17) is 11.6 Å². The molecule has 28 heavy (non-hydrogen) atoms. The molecule has 0 aliphatic carbocycles. The van der Waals surface area contributed by atoms with Gasteiger partial charge in [0.25, 0.3) is 0 Å². The zero-order chi connectivity index (χ0) is 20.5. The highest BCUT2D eigenvalue weighted by Crippen LogP contribution is 2.22. The average molecular weight is 419 g/mol. The zero-order valence-electron chi connectivity index (χ0n) is 16.6. The highest BCUT2D eigenvalue weighted by Gasteiger charge is 2.27. The molecule has 150 valence electrons. The van der Waals surface area contributed by atoms with Gasteiger partial charge in [0.1, 0.15) is 6.04 Å². The standard InChI is InChI=1S/C22H27ClN2O2S/c1-4-20(22(27)24-3)25(15-17-8-6-5-7-16(17)2)21(26)13-14-28-19-11-9-18(23)10-12-19/h5-12,20H,4,13-15H2,1-3H3,(H,24,27)/t20-/m0/s1. The fraction of sp³-hybridized carbons (Fsp3) is 0.364. The minimum Gasteiger partial charge on any atom is -0.357 e. The van der Waals surface area contributed by atoms with Crippen LogP contribution in [0.4, 0.5) is 0 Å². The van der Waals surface area contributed by atoms with E-state index >= 15 is 0 Å². The third-order valence-electron chi connectivity index (χ3n) is 4.63. The molecule has 0 radical (unpaired) electrons. The SMILES string of the molecule is CC[C@@H](C(=O)NC)N(Cc1ccccc1C)C(=O)CCSc1ccc(Cl)cc1. The minimum atomic E-state index is -0.474. The van der Waals surface area contributed by atoms with Gasteiger partial charge in [-0.1, -0.05) is 42.8 Å². The zero-order valence-corrected chi connectivity index (χ0v) is 18.1. The van der Waals surface area contributed by atoms with Crippen LogP contribution in [0.1, 0.15) is 30.9 Å². The topological polar surface area (TPSA) is 49.4 Å². The van der Waals surface area contributed by atoms with Crippen molar-refractivity contribution in [2.75, 3.05) is 12.8 Å². The molecule has 2 aromatic carbocycles. The number of rotatable bonds is 9. The molecule has 0 unspecified atom stereocenters. The molecule has 0 aliphatic heterocycles. The molecule has 0 fully saturated rings. The highest BCUT2D eigenvalue weighted by molar-refractivity contribution is 7.99. The van der Waals surface area contributed by atoms with E-state index in [1.165, 1.54) is 0 Å². The summed E-state index contributed by atoms with van der Waals surface area (Å²) in [5.74, 6) is 0.504. The number of halogens is 1. The van der Waals surface area contributed by atoms with Gasteiger partial charge in [-0.3, -0.25) is 9.59 Å². The van der Waals surface area contributed by atoms with Crippen molar-refractivity contribution in [3.8, 4) is 0 Å². The Balaban J connectivity index is 2.10. The Morgan fingerprint density at radius 2 is 1.82 bits per heavy atom. The normalized spacial score (nSPS) is 11.7. The van der Waals surface area contributed by atoms with Gasteiger partial charge in [0, 0.05) is 35.7 Å². The van der Waals surface area contributed by atoms with Gasteiger partial charge in [-0.2, -0.15) is 0 Å². The summed E-state index contributed by atoms with van der Waals surface area (Å²) in [6.45, 7) is 4.39. The van der Waals surface area contributed by atoms with Gasteiger partial charge in [0.05, 0.1) is 0 Å². The molecule has 2 aromatic rings. The van der Waals surface area contributed by atoms with Crippen LogP contribution < -0.4 is 5.32 Å². The van der Waals surface area contributed by atoms with E-state index in [-0.39, 0.29) is 11.8 Å². The lowest BCUT2D eigenvalue weighted by Crippen LogP contribution is -2.48. The number of aryl methyl sites for hydroxylation is 1. The second-order valence-electron chi connectivity index (χ2n) is 6.54. The Kier molecular flexibility index (Phi) is 8.87. The van der Waals surface area contributed by atoms with Crippen LogP contribution in [0.2, 0.25) is 5.02 Å². The summed E-state index contributed by atoms with van der Waals surface area (Å²) in [6.07, 6.45) is 0.939. The first kappa shape index (κ1) is 22.3.